The maximum Gasteiger partial charge on any atom is 0.319 e. The third kappa shape index (κ3) is 3.59. The normalized spacial score (nSPS) is 16.3. The van der Waals surface area contributed by atoms with Crippen LogP contribution in [-0.4, -0.2) is 18.9 Å². The second kappa shape index (κ2) is 6.91. The Labute approximate surface area is 138 Å². The van der Waals surface area contributed by atoms with Crippen LogP contribution in [0.2, 0.25) is 0 Å². The van der Waals surface area contributed by atoms with Crippen molar-refractivity contribution >= 4 is 23.5 Å². The number of amides is 2. The molecule has 0 saturated carbocycles. The molecule has 1 aliphatic heterocycles. The Morgan fingerprint density at radius 2 is 2.13 bits per heavy atom. The van der Waals surface area contributed by atoms with E-state index in [-0.39, 0.29) is 17.9 Å². The smallest absolute Gasteiger partial charge is 0.319 e. The van der Waals surface area contributed by atoms with Crippen molar-refractivity contribution in [2.24, 2.45) is 0 Å². The number of fused-ring (bicyclic) bond motifs is 1. The number of carbonyl (C=O) groups is 1. The largest absolute Gasteiger partial charge is 0.495 e. The van der Waals surface area contributed by atoms with Crippen LogP contribution < -0.4 is 15.4 Å². The molecule has 3 rings (SSSR count). The van der Waals surface area contributed by atoms with Gasteiger partial charge < -0.3 is 15.4 Å². The number of rotatable bonds is 3. The van der Waals surface area contributed by atoms with Gasteiger partial charge in [0.25, 0.3) is 0 Å². The number of urea groups is 1. The lowest BCUT2D eigenvalue weighted by atomic mass is 10.0. The molecule has 1 atom stereocenters. The van der Waals surface area contributed by atoms with Crippen LogP contribution in [0.1, 0.15) is 18.0 Å². The first-order valence-electron chi connectivity index (χ1n) is 7.30. The standard InChI is InChI=1S/C17H17FN2O2S/c1-22-15-5-3-2-4-14(15)20-17(21)19-13-8-9-23-16-7-6-11(18)10-12(13)16/h2-7,10,13H,8-9H2,1H3,(H2,19,20,21)/t13-/m0/s1. The number of thioether (sulfide) groups is 1. The van der Waals surface area contributed by atoms with Crippen LogP contribution in [0.3, 0.4) is 0 Å². The van der Waals surface area contributed by atoms with Crippen molar-refractivity contribution in [1.82, 2.24) is 5.32 Å². The Morgan fingerprint density at radius 1 is 1.30 bits per heavy atom. The molecule has 0 aromatic heterocycles. The van der Waals surface area contributed by atoms with Gasteiger partial charge in [0.2, 0.25) is 0 Å². The number of anilines is 1. The molecule has 0 bridgehead atoms. The predicted octanol–water partition coefficient (Wildman–Crippen LogP) is 4.19. The molecule has 0 fully saturated rings. The SMILES string of the molecule is COc1ccccc1NC(=O)N[C@H]1CCSc2ccc(F)cc21. The van der Waals surface area contributed by atoms with Crippen LogP contribution in [0.4, 0.5) is 14.9 Å². The highest BCUT2D eigenvalue weighted by atomic mass is 32.2. The monoisotopic (exact) mass is 332 g/mol. The van der Waals surface area contributed by atoms with Crippen molar-refractivity contribution in [2.75, 3.05) is 18.2 Å². The van der Waals surface area contributed by atoms with Crippen LogP contribution in [0.5, 0.6) is 5.75 Å². The Kier molecular flexibility index (Phi) is 4.71. The van der Waals surface area contributed by atoms with Gasteiger partial charge in [-0.05, 0) is 42.3 Å². The summed E-state index contributed by atoms with van der Waals surface area (Å²) in [5, 5.41) is 5.70. The minimum absolute atomic E-state index is 0.198. The molecule has 1 heterocycles. The van der Waals surface area contributed by atoms with Gasteiger partial charge in [-0.25, -0.2) is 9.18 Å². The summed E-state index contributed by atoms with van der Waals surface area (Å²) in [4.78, 5) is 13.3. The van der Waals surface area contributed by atoms with Crippen LogP contribution in [0.15, 0.2) is 47.4 Å². The van der Waals surface area contributed by atoms with E-state index in [1.165, 1.54) is 12.1 Å². The minimum atomic E-state index is -0.332. The van der Waals surface area contributed by atoms with Gasteiger partial charge in [0.1, 0.15) is 11.6 Å². The lowest BCUT2D eigenvalue weighted by Crippen LogP contribution is -2.34. The van der Waals surface area contributed by atoms with Crippen LogP contribution in [0, 0.1) is 5.82 Å². The van der Waals surface area contributed by atoms with Crippen molar-refractivity contribution in [2.45, 2.75) is 17.4 Å². The van der Waals surface area contributed by atoms with E-state index in [9.17, 15) is 9.18 Å². The maximum absolute atomic E-state index is 13.5. The Morgan fingerprint density at radius 3 is 2.96 bits per heavy atom. The summed E-state index contributed by atoms with van der Waals surface area (Å²) in [6.45, 7) is 0. The van der Waals surface area contributed by atoms with Crippen molar-refractivity contribution in [3.63, 3.8) is 0 Å². The van der Waals surface area contributed by atoms with Crippen LogP contribution in [0.25, 0.3) is 0 Å². The molecule has 2 aromatic rings. The molecule has 23 heavy (non-hydrogen) atoms. The fourth-order valence-electron chi connectivity index (χ4n) is 2.58. The first-order chi connectivity index (χ1) is 11.2. The van der Waals surface area contributed by atoms with Crippen molar-refractivity contribution in [3.8, 4) is 5.75 Å². The molecule has 2 aromatic carbocycles. The molecular weight excluding hydrogens is 315 g/mol. The highest BCUT2D eigenvalue weighted by Gasteiger charge is 2.23. The molecule has 0 aliphatic carbocycles. The fourth-order valence-corrected chi connectivity index (χ4v) is 3.69. The van der Waals surface area contributed by atoms with Gasteiger partial charge in [0.05, 0.1) is 18.8 Å². The van der Waals surface area contributed by atoms with Gasteiger partial charge in [-0.3, -0.25) is 0 Å². The van der Waals surface area contributed by atoms with E-state index in [1.807, 2.05) is 12.1 Å². The Balaban J connectivity index is 1.73. The van der Waals surface area contributed by atoms with Gasteiger partial charge in [-0.1, -0.05) is 12.1 Å². The summed E-state index contributed by atoms with van der Waals surface area (Å²) in [7, 11) is 1.55. The van der Waals surface area contributed by atoms with E-state index in [0.29, 0.717) is 11.4 Å². The lowest BCUT2D eigenvalue weighted by Gasteiger charge is -2.26. The average Bonchev–Trinajstić information content (AvgIpc) is 2.56. The average molecular weight is 332 g/mol. The predicted molar refractivity (Wildman–Crippen MR) is 89.6 cm³/mol. The summed E-state index contributed by atoms with van der Waals surface area (Å²) in [6, 6.07) is 11.4. The Bertz CT molecular complexity index is 723. The summed E-state index contributed by atoms with van der Waals surface area (Å²) >= 11 is 1.68. The number of carbonyl (C=O) groups excluding carboxylic acids is 1. The lowest BCUT2D eigenvalue weighted by molar-refractivity contribution is 0.248. The molecule has 0 saturated heterocycles. The molecule has 120 valence electrons. The van der Waals surface area contributed by atoms with Gasteiger partial charge >= 0.3 is 6.03 Å². The minimum Gasteiger partial charge on any atom is -0.495 e. The summed E-state index contributed by atoms with van der Waals surface area (Å²) < 4.78 is 18.7. The molecule has 0 unspecified atom stereocenters. The third-order valence-corrected chi connectivity index (χ3v) is 4.79. The molecule has 0 spiro atoms. The summed E-state index contributed by atoms with van der Waals surface area (Å²) in [6.07, 6.45) is 0.764. The van der Waals surface area contributed by atoms with Gasteiger partial charge in [0, 0.05) is 10.6 Å². The highest BCUT2D eigenvalue weighted by molar-refractivity contribution is 7.99. The Hall–Kier alpha value is -2.21. The summed E-state index contributed by atoms with van der Waals surface area (Å²) in [5.74, 6) is 1.19. The number of methoxy groups -OCH3 is 1. The quantitative estimate of drug-likeness (QED) is 0.886. The van der Waals surface area contributed by atoms with E-state index in [0.717, 1.165) is 22.6 Å². The zero-order chi connectivity index (χ0) is 16.2. The molecular formula is C17H17FN2O2S. The number of ether oxygens (including phenoxy) is 1. The van der Waals surface area contributed by atoms with E-state index in [4.69, 9.17) is 4.74 Å². The number of nitrogens with one attached hydrogen (secondary N) is 2. The number of halogens is 1. The second-order valence-electron chi connectivity index (χ2n) is 5.17. The number of para-hydroxylation sites is 2. The maximum atomic E-state index is 13.5. The zero-order valence-corrected chi connectivity index (χ0v) is 13.5. The van der Waals surface area contributed by atoms with Crippen molar-refractivity contribution in [3.05, 3.63) is 53.8 Å². The third-order valence-electron chi connectivity index (χ3n) is 3.67. The molecule has 4 nitrogen and oxygen atoms in total. The number of benzene rings is 2. The van der Waals surface area contributed by atoms with Crippen LogP contribution >= 0.6 is 11.8 Å². The highest BCUT2D eigenvalue weighted by Crippen LogP contribution is 2.36. The molecule has 6 heteroatoms. The number of hydrogen-bond donors (Lipinski definition) is 2. The zero-order valence-electron chi connectivity index (χ0n) is 12.6. The van der Waals surface area contributed by atoms with E-state index in [1.54, 1.807) is 37.1 Å². The van der Waals surface area contributed by atoms with E-state index >= 15 is 0 Å². The van der Waals surface area contributed by atoms with E-state index in [2.05, 4.69) is 10.6 Å². The molecule has 1 aliphatic rings. The second-order valence-corrected chi connectivity index (χ2v) is 6.31. The van der Waals surface area contributed by atoms with E-state index < -0.39 is 0 Å². The van der Waals surface area contributed by atoms with Crippen molar-refractivity contribution in [1.29, 1.82) is 0 Å². The van der Waals surface area contributed by atoms with Gasteiger partial charge in [-0.15, -0.1) is 11.8 Å². The number of hydrogen-bond acceptors (Lipinski definition) is 3. The topological polar surface area (TPSA) is 50.4 Å². The molecule has 2 amide bonds. The van der Waals surface area contributed by atoms with Crippen LogP contribution in [-0.2, 0) is 0 Å². The van der Waals surface area contributed by atoms with Gasteiger partial charge in [-0.2, -0.15) is 0 Å². The summed E-state index contributed by atoms with van der Waals surface area (Å²) in [5.41, 5.74) is 1.42. The molecule has 0 radical (unpaired) electrons. The molecule has 2 N–H and O–H groups in total. The van der Waals surface area contributed by atoms with Gasteiger partial charge in [0.15, 0.2) is 0 Å². The first kappa shape index (κ1) is 15.7. The fraction of sp³-hybridized carbons (Fsp3) is 0.235. The van der Waals surface area contributed by atoms with Crippen molar-refractivity contribution < 1.29 is 13.9 Å². The first-order valence-corrected chi connectivity index (χ1v) is 8.28.